The van der Waals surface area contributed by atoms with E-state index in [0.717, 1.165) is 26.3 Å². The highest BCUT2D eigenvalue weighted by molar-refractivity contribution is 6.32. The van der Waals surface area contributed by atoms with Gasteiger partial charge < -0.3 is 10.1 Å². The first-order valence-electron chi connectivity index (χ1n) is 8.35. The second-order valence-corrected chi connectivity index (χ2v) is 6.46. The summed E-state index contributed by atoms with van der Waals surface area (Å²) in [6, 6.07) is 7.57. The minimum Gasteiger partial charge on any atom is -0.379 e. The molecule has 134 valence electrons. The fourth-order valence-corrected chi connectivity index (χ4v) is 3.02. The lowest BCUT2D eigenvalue weighted by Gasteiger charge is -2.32. The van der Waals surface area contributed by atoms with Crippen LogP contribution in [0.15, 0.2) is 24.3 Å². The number of ether oxygens (including phenoxy) is 1. The highest BCUT2D eigenvalue weighted by atomic mass is 35.5. The van der Waals surface area contributed by atoms with Crippen LogP contribution in [0.2, 0.25) is 5.02 Å². The van der Waals surface area contributed by atoms with Crippen molar-refractivity contribution >= 4 is 17.5 Å². The monoisotopic (exact) mass is 363 g/mol. The van der Waals surface area contributed by atoms with E-state index in [0.29, 0.717) is 23.1 Å². The van der Waals surface area contributed by atoms with Crippen LogP contribution in [0, 0.1) is 6.92 Å². The predicted octanol–water partition coefficient (Wildman–Crippen LogP) is 1.68. The molecule has 1 N–H and O–H groups in total. The summed E-state index contributed by atoms with van der Waals surface area (Å²) in [5.74, 6) is 0.472. The number of para-hydroxylation sites is 1. The molecule has 0 aliphatic carbocycles. The lowest BCUT2D eigenvalue weighted by Crippen LogP contribution is -2.47. The number of rotatable bonds is 5. The first-order valence-corrected chi connectivity index (χ1v) is 8.72. The van der Waals surface area contributed by atoms with Crippen LogP contribution in [0.1, 0.15) is 23.4 Å². The molecule has 1 saturated heterocycles. The van der Waals surface area contributed by atoms with Crippen LogP contribution in [0.5, 0.6) is 0 Å². The van der Waals surface area contributed by atoms with Gasteiger partial charge in [-0.1, -0.05) is 23.7 Å². The van der Waals surface area contributed by atoms with E-state index in [1.807, 2.05) is 18.2 Å². The molecule has 7 nitrogen and oxygen atoms in total. The smallest absolute Gasteiger partial charge is 0.291 e. The molecular weight excluding hydrogens is 342 g/mol. The zero-order valence-electron chi connectivity index (χ0n) is 14.4. The second kappa shape index (κ2) is 7.95. The second-order valence-electron chi connectivity index (χ2n) is 6.05. The SMILES string of the molecule is Cc1nc(C(=O)NCC(C)N2CCOCC2)nn1-c1ccccc1Cl. The number of hydrogen-bond acceptors (Lipinski definition) is 5. The zero-order chi connectivity index (χ0) is 17.8. The molecule has 1 fully saturated rings. The van der Waals surface area contributed by atoms with Crippen molar-refractivity contribution in [3.8, 4) is 5.69 Å². The number of nitrogens with one attached hydrogen (secondary N) is 1. The molecule has 1 amide bonds. The van der Waals surface area contributed by atoms with Crippen molar-refractivity contribution in [1.29, 1.82) is 0 Å². The molecular formula is C17H22ClN5O2. The molecule has 1 atom stereocenters. The molecule has 2 heterocycles. The molecule has 0 spiro atoms. The van der Waals surface area contributed by atoms with Crippen molar-refractivity contribution in [1.82, 2.24) is 25.0 Å². The number of hydrogen-bond donors (Lipinski definition) is 1. The van der Waals surface area contributed by atoms with Gasteiger partial charge in [-0.05, 0) is 26.0 Å². The number of carbonyl (C=O) groups is 1. The number of aryl methyl sites for hydroxylation is 1. The average molecular weight is 364 g/mol. The Labute approximate surface area is 151 Å². The van der Waals surface area contributed by atoms with Crippen molar-refractivity contribution in [2.75, 3.05) is 32.8 Å². The maximum atomic E-state index is 12.4. The van der Waals surface area contributed by atoms with Gasteiger partial charge in [-0.3, -0.25) is 9.69 Å². The third-order valence-electron chi connectivity index (χ3n) is 4.28. The van der Waals surface area contributed by atoms with Crippen molar-refractivity contribution in [2.45, 2.75) is 19.9 Å². The Kier molecular flexibility index (Phi) is 5.67. The fourth-order valence-electron chi connectivity index (χ4n) is 2.80. The topological polar surface area (TPSA) is 72.3 Å². The van der Waals surface area contributed by atoms with Crippen molar-refractivity contribution in [3.05, 3.63) is 40.9 Å². The average Bonchev–Trinajstić information content (AvgIpc) is 3.02. The van der Waals surface area contributed by atoms with Gasteiger partial charge in [0.1, 0.15) is 5.82 Å². The summed E-state index contributed by atoms with van der Waals surface area (Å²) in [6.45, 7) is 7.67. The lowest BCUT2D eigenvalue weighted by molar-refractivity contribution is 0.0204. The summed E-state index contributed by atoms with van der Waals surface area (Å²) in [6.07, 6.45) is 0. The van der Waals surface area contributed by atoms with Gasteiger partial charge in [0, 0.05) is 25.7 Å². The van der Waals surface area contributed by atoms with Crippen LogP contribution in [-0.2, 0) is 4.74 Å². The minimum atomic E-state index is -0.283. The standard InChI is InChI=1S/C17H22ClN5O2/c1-12(22-7-9-25-10-8-22)11-19-17(24)16-20-13(2)23(21-16)15-6-4-3-5-14(15)18/h3-6,12H,7-11H2,1-2H3,(H,19,24). The van der Waals surface area contributed by atoms with Crippen LogP contribution in [-0.4, -0.2) is 64.5 Å². The van der Waals surface area contributed by atoms with Crippen LogP contribution >= 0.6 is 11.6 Å². The van der Waals surface area contributed by atoms with Gasteiger partial charge in [-0.2, -0.15) is 0 Å². The molecule has 0 radical (unpaired) electrons. The fraction of sp³-hybridized carbons (Fsp3) is 0.471. The lowest BCUT2D eigenvalue weighted by atomic mass is 10.2. The molecule has 1 aliphatic rings. The third kappa shape index (κ3) is 4.18. The van der Waals surface area contributed by atoms with Gasteiger partial charge in [-0.25, -0.2) is 9.67 Å². The Hall–Kier alpha value is -1.96. The molecule has 3 rings (SSSR count). The number of halogens is 1. The maximum absolute atomic E-state index is 12.4. The van der Waals surface area contributed by atoms with Gasteiger partial charge in [0.2, 0.25) is 5.82 Å². The molecule has 1 aromatic heterocycles. The van der Waals surface area contributed by atoms with Crippen LogP contribution in [0.4, 0.5) is 0 Å². The van der Waals surface area contributed by atoms with E-state index in [1.165, 1.54) is 0 Å². The number of benzene rings is 1. The third-order valence-corrected chi connectivity index (χ3v) is 4.60. The normalized spacial score (nSPS) is 16.6. The Bertz CT molecular complexity index is 742. The molecule has 1 aromatic carbocycles. The quantitative estimate of drug-likeness (QED) is 0.875. The molecule has 2 aromatic rings. The predicted molar refractivity (Wildman–Crippen MR) is 95.3 cm³/mol. The summed E-state index contributed by atoms with van der Waals surface area (Å²) in [5, 5.41) is 7.78. The molecule has 1 aliphatic heterocycles. The van der Waals surface area contributed by atoms with E-state index < -0.39 is 0 Å². The molecule has 0 bridgehead atoms. The van der Waals surface area contributed by atoms with Gasteiger partial charge in [0.05, 0.1) is 23.9 Å². The highest BCUT2D eigenvalue weighted by Gasteiger charge is 2.20. The van der Waals surface area contributed by atoms with Gasteiger partial charge in [0.25, 0.3) is 5.91 Å². The molecule has 8 heteroatoms. The minimum absolute atomic E-state index is 0.145. The number of morpholine rings is 1. The van der Waals surface area contributed by atoms with Crippen LogP contribution in [0.3, 0.4) is 0 Å². The van der Waals surface area contributed by atoms with E-state index in [9.17, 15) is 4.79 Å². The van der Waals surface area contributed by atoms with Gasteiger partial charge in [-0.15, -0.1) is 5.10 Å². The van der Waals surface area contributed by atoms with Gasteiger partial charge >= 0.3 is 0 Å². The van der Waals surface area contributed by atoms with E-state index in [4.69, 9.17) is 16.3 Å². The van der Waals surface area contributed by atoms with Crippen LogP contribution < -0.4 is 5.32 Å². The number of carbonyl (C=O) groups excluding carboxylic acids is 1. The Morgan fingerprint density at radius 3 is 2.80 bits per heavy atom. The summed E-state index contributed by atoms with van der Waals surface area (Å²) < 4.78 is 6.94. The number of amides is 1. The maximum Gasteiger partial charge on any atom is 0.291 e. The number of aromatic nitrogens is 3. The van der Waals surface area contributed by atoms with E-state index in [-0.39, 0.29) is 17.8 Å². The molecule has 1 unspecified atom stereocenters. The van der Waals surface area contributed by atoms with Crippen molar-refractivity contribution in [2.24, 2.45) is 0 Å². The van der Waals surface area contributed by atoms with Crippen molar-refractivity contribution < 1.29 is 9.53 Å². The summed E-state index contributed by atoms with van der Waals surface area (Å²) in [5.41, 5.74) is 0.704. The summed E-state index contributed by atoms with van der Waals surface area (Å²) in [7, 11) is 0. The highest BCUT2D eigenvalue weighted by Crippen LogP contribution is 2.20. The van der Waals surface area contributed by atoms with E-state index in [2.05, 4.69) is 27.2 Å². The summed E-state index contributed by atoms with van der Waals surface area (Å²) >= 11 is 6.20. The molecule has 0 saturated carbocycles. The first kappa shape index (κ1) is 17.8. The molecule has 25 heavy (non-hydrogen) atoms. The van der Waals surface area contributed by atoms with E-state index >= 15 is 0 Å². The summed E-state index contributed by atoms with van der Waals surface area (Å²) in [4.78, 5) is 19.0. The Morgan fingerprint density at radius 2 is 2.08 bits per heavy atom. The number of nitrogens with zero attached hydrogens (tertiary/aromatic N) is 4. The van der Waals surface area contributed by atoms with Crippen LogP contribution in [0.25, 0.3) is 5.69 Å². The van der Waals surface area contributed by atoms with Gasteiger partial charge in [0.15, 0.2) is 0 Å². The van der Waals surface area contributed by atoms with Crippen molar-refractivity contribution in [3.63, 3.8) is 0 Å². The Balaban J connectivity index is 1.65. The first-order chi connectivity index (χ1) is 12.1. The Morgan fingerprint density at radius 1 is 1.36 bits per heavy atom. The van der Waals surface area contributed by atoms with E-state index in [1.54, 1.807) is 17.7 Å². The zero-order valence-corrected chi connectivity index (χ0v) is 15.2. The largest absolute Gasteiger partial charge is 0.379 e.